The number of aryl methyl sites for hydroxylation is 1. The van der Waals surface area contributed by atoms with Crippen molar-refractivity contribution in [3.8, 4) is 0 Å². The van der Waals surface area contributed by atoms with Crippen molar-refractivity contribution in [2.24, 2.45) is 5.92 Å². The molecule has 1 aliphatic carbocycles. The normalized spacial score (nSPS) is 16.3. The second-order valence-electron chi connectivity index (χ2n) is 6.71. The van der Waals surface area contributed by atoms with E-state index in [2.05, 4.69) is 12.2 Å². The fourth-order valence-electron chi connectivity index (χ4n) is 3.40. The van der Waals surface area contributed by atoms with Crippen molar-refractivity contribution >= 4 is 28.0 Å². The van der Waals surface area contributed by atoms with Crippen LogP contribution in [0.1, 0.15) is 56.0 Å². The van der Waals surface area contributed by atoms with Gasteiger partial charge in [0, 0.05) is 4.88 Å². The molecular formula is C20H19NO4S. The minimum atomic E-state index is -0.267. The average Bonchev–Trinajstić information content (AvgIpc) is 3.33. The van der Waals surface area contributed by atoms with Gasteiger partial charge in [0.15, 0.2) is 5.76 Å². The Labute approximate surface area is 155 Å². The van der Waals surface area contributed by atoms with Crippen LogP contribution in [-0.2, 0) is 12.8 Å². The first-order chi connectivity index (χ1) is 12.5. The lowest BCUT2D eigenvalue weighted by Crippen LogP contribution is -2.15. The highest BCUT2D eigenvalue weighted by molar-refractivity contribution is 7.17. The second-order valence-corrected chi connectivity index (χ2v) is 7.81. The van der Waals surface area contributed by atoms with Gasteiger partial charge in [-0.05, 0) is 55.9 Å². The molecule has 0 unspecified atom stereocenters. The standard InChI is InChI=1S/C20H19NO4S/c1-11-5-6-14-16(10-11)26-20(17(14)18(22)15-4-3-8-25-15)21-19(23)13-7-9-24-12(13)2/h3-4,7-9,11H,5-6,10H2,1-2H3,(H,21,23)/t11-/m1/s1. The minimum Gasteiger partial charge on any atom is -0.469 e. The molecule has 1 N–H and O–H groups in total. The molecule has 3 aromatic heterocycles. The van der Waals surface area contributed by atoms with Crippen LogP contribution in [0.25, 0.3) is 0 Å². The van der Waals surface area contributed by atoms with Crippen molar-refractivity contribution in [3.05, 3.63) is 63.8 Å². The van der Waals surface area contributed by atoms with E-state index in [4.69, 9.17) is 8.83 Å². The van der Waals surface area contributed by atoms with Gasteiger partial charge in [0.2, 0.25) is 5.78 Å². The van der Waals surface area contributed by atoms with Crippen LogP contribution in [0.4, 0.5) is 5.00 Å². The Morgan fingerprint density at radius 2 is 2.08 bits per heavy atom. The molecule has 0 fully saturated rings. The van der Waals surface area contributed by atoms with Gasteiger partial charge in [-0.15, -0.1) is 11.3 Å². The van der Waals surface area contributed by atoms with Gasteiger partial charge < -0.3 is 14.2 Å². The molecule has 134 valence electrons. The van der Waals surface area contributed by atoms with E-state index in [1.165, 1.54) is 28.7 Å². The lowest BCUT2D eigenvalue weighted by Gasteiger charge is -2.18. The van der Waals surface area contributed by atoms with Gasteiger partial charge in [-0.3, -0.25) is 9.59 Å². The van der Waals surface area contributed by atoms with Crippen LogP contribution < -0.4 is 5.32 Å². The maximum atomic E-state index is 13.0. The van der Waals surface area contributed by atoms with Crippen molar-refractivity contribution in [2.75, 3.05) is 5.32 Å². The topological polar surface area (TPSA) is 72.5 Å². The molecule has 1 amide bonds. The summed E-state index contributed by atoms with van der Waals surface area (Å²) in [5, 5.41) is 3.52. The largest absolute Gasteiger partial charge is 0.469 e. The minimum absolute atomic E-state index is 0.179. The number of anilines is 1. The molecule has 4 rings (SSSR count). The summed E-state index contributed by atoms with van der Waals surface area (Å²) in [7, 11) is 0. The van der Waals surface area contributed by atoms with Gasteiger partial charge in [0.25, 0.3) is 5.91 Å². The molecule has 0 radical (unpaired) electrons. The number of rotatable bonds is 4. The van der Waals surface area contributed by atoms with Crippen molar-refractivity contribution < 1.29 is 18.4 Å². The number of fused-ring (bicyclic) bond motifs is 1. The summed E-state index contributed by atoms with van der Waals surface area (Å²) >= 11 is 1.50. The molecule has 3 aromatic rings. The zero-order valence-corrected chi connectivity index (χ0v) is 15.4. The van der Waals surface area contributed by atoms with Crippen molar-refractivity contribution in [1.82, 2.24) is 0 Å². The third kappa shape index (κ3) is 2.90. The van der Waals surface area contributed by atoms with E-state index < -0.39 is 0 Å². The lowest BCUT2D eigenvalue weighted by atomic mass is 9.87. The van der Waals surface area contributed by atoms with Crippen LogP contribution in [0.15, 0.2) is 39.6 Å². The fraction of sp³-hybridized carbons (Fsp3) is 0.300. The molecule has 0 bridgehead atoms. The highest BCUT2D eigenvalue weighted by Crippen LogP contribution is 2.41. The Kier molecular flexibility index (Phi) is 4.28. The lowest BCUT2D eigenvalue weighted by molar-refractivity contribution is 0.101. The Morgan fingerprint density at radius 1 is 1.23 bits per heavy atom. The van der Waals surface area contributed by atoms with E-state index in [9.17, 15) is 9.59 Å². The van der Waals surface area contributed by atoms with Crippen LogP contribution in [0.3, 0.4) is 0 Å². The SMILES string of the molecule is Cc1occc1C(=O)Nc1sc2c(c1C(=O)c1ccco1)CC[C@@H](C)C2. The van der Waals surface area contributed by atoms with Gasteiger partial charge in [0.1, 0.15) is 10.8 Å². The van der Waals surface area contributed by atoms with Gasteiger partial charge in [0.05, 0.1) is 23.7 Å². The number of hydrogen-bond acceptors (Lipinski definition) is 5. The Morgan fingerprint density at radius 3 is 2.77 bits per heavy atom. The summed E-state index contributed by atoms with van der Waals surface area (Å²) in [5.41, 5.74) is 2.09. The molecular weight excluding hydrogens is 350 g/mol. The maximum Gasteiger partial charge on any atom is 0.259 e. The van der Waals surface area contributed by atoms with Gasteiger partial charge >= 0.3 is 0 Å². The molecule has 6 heteroatoms. The molecule has 1 aliphatic rings. The van der Waals surface area contributed by atoms with Gasteiger partial charge in [-0.1, -0.05) is 6.92 Å². The summed E-state index contributed by atoms with van der Waals surface area (Å²) in [6, 6.07) is 4.99. The number of furan rings is 2. The smallest absolute Gasteiger partial charge is 0.259 e. The average molecular weight is 369 g/mol. The highest BCUT2D eigenvalue weighted by atomic mass is 32.1. The predicted molar refractivity (Wildman–Crippen MR) is 99.0 cm³/mol. The summed E-state index contributed by atoms with van der Waals surface area (Å²) < 4.78 is 10.5. The third-order valence-electron chi connectivity index (χ3n) is 4.81. The summed E-state index contributed by atoms with van der Waals surface area (Å²) in [5.74, 6) is 0.973. The Hall–Kier alpha value is -2.60. The first kappa shape index (κ1) is 16.8. The van der Waals surface area contributed by atoms with Crippen LogP contribution in [0.5, 0.6) is 0 Å². The van der Waals surface area contributed by atoms with Gasteiger partial charge in [-0.2, -0.15) is 0 Å². The van der Waals surface area contributed by atoms with Crippen molar-refractivity contribution in [1.29, 1.82) is 0 Å². The molecule has 5 nitrogen and oxygen atoms in total. The predicted octanol–water partition coefficient (Wildman–Crippen LogP) is 4.85. The Balaban J connectivity index is 1.75. The van der Waals surface area contributed by atoms with E-state index >= 15 is 0 Å². The molecule has 3 heterocycles. The van der Waals surface area contributed by atoms with Crippen LogP contribution in [0, 0.1) is 12.8 Å². The number of carbonyl (C=O) groups is 2. The van der Waals surface area contributed by atoms with E-state index in [1.54, 1.807) is 25.1 Å². The van der Waals surface area contributed by atoms with Crippen LogP contribution in [0.2, 0.25) is 0 Å². The molecule has 0 aromatic carbocycles. The molecule has 0 aliphatic heterocycles. The molecule has 0 spiro atoms. The van der Waals surface area contributed by atoms with Crippen LogP contribution >= 0.6 is 11.3 Å². The molecule has 26 heavy (non-hydrogen) atoms. The molecule has 0 saturated carbocycles. The molecule has 0 saturated heterocycles. The van der Waals surface area contributed by atoms with Crippen molar-refractivity contribution in [3.63, 3.8) is 0 Å². The monoisotopic (exact) mass is 369 g/mol. The maximum absolute atomic E-state index is 13.0. The van der Waals surface area contributed by atoms with Crippen molar-refractivity contribution in [2.45, 2.75) is 33.1 Å². The zero-order valence-electron chi connectivity index (χ0n) is 14.6. The number of thiophene rings is 1. The fourth-order valence-corrected chi connectivity index (χ4v) is 4.80. The Bertz CT molecular complexity index is 964. The van der Waals surface area contributed by atoms with Gasteiger partial charge in [-0.25, -0.2) is 0 Å². The number of amides is 1. The first-order valence-corrected chi connectivity index (χ1v) is 9.44. The summed E-state index contributed by atoms with van der Waals surface area (Å²) in [6.45, 7) is 3.95. The van der Waals surface area contributed by atoms with E-state index in [-0.39, 0.29) is 11.7 Å². The number of ketones is 1. The quantitative estimate of drug-likeness (QED) is 0.667. The van der Waals surface area contributed by atoms with E-state index in [0.29, 0.717) is 33.6 Å². The number of nitrogens with one attached hydrogen (secondary N) is 1. The van der Waals surface area contributed by atoms with E-state index in [1.807, 2.05) is 0 Å². The number of hydrogen-bond donors (Lipinski definition) is 1. The summed E-state index contributed by atoms with van der Waals surface area (Å²) in [6.07, 6.45) is 5.78. The first-order valence-electron chi connectivity index (χ1n) is 8.62. The van der Waals surface area contributed by atoms with E-state index in [0.717, 1.165) is 24.8 Å². The second kappa shape index (κ2) is 6.61. The summed E-state index contributed by atoms with van der Waals surface area (Å²) in [4.78, 5) is 26.8. The third-order valence-corrected chi connectivity index (χ3v) is 5.98. The zero-order chi connectivity index (χ0) is 18.3. The number of carbonyl (C=O) groups excluding carboxylic acids is 2. The molecule has 1 atom stereocenters. The van der Waals surface area contributed by atoms with Crippen LogP contribution in [-0.4, -0.2) is 11.7 Å². The highest BCUT2D eigenvalue weighted by Gasteiger charge is 2.30.